The van der Waals surface area contributed by atoms with E-state index in [9.17, 15) is 9.90 Å². The van der Waals surface area contributed by atoms with E-state index in [0.29, 0.717) is 13.0 Å². The van der Waals surface area contributed by atoms with Crippen LogP contribution in [0, 0.1) is 0 Å². The second-order valence-electron chi connectivity index (χ2n) is 10.7. The Morgan fingerprint density at radius 1 is 0.674 bits per heavy atom. The molecule has 0 aliphatic carbocycles. The van der Waals surface area contributed by atoms with Crippen LogP contribution in [0.5, 0.6) is 17.2 Å². The van der Waals surface area contributed by atoms with Gasteiger partial charge in [-0.1, -0.05) is 67.1 Å². The first kappa shape index (κ1) is 31.6. The molecule has 226 valence electrons. The summed E-state index contributed by atoms with van der Waals surface area (Å²) in [7, 11) is 4.92. The summed E-state index contributed by atoms with van der Waals surface area (Å²) >= 11 is 0. The molecule has 6 heteroatoms. The number of unbranched alkanes of at least 4 members (excludes halogenated alkanes) is 2. The van der Waals surface area contributed by atoms with Gasteiger partial charge in [0.15, 0.2) is 0 Å². The number of aliphatic hydroxyl groups is 1. The number of methoxy groups -OCH3 is 3. The lowest BCUT2D eigenvalue weighted by Gasteiger charge is -2.31. The molecular formula is C37H43NO5. The first-order valence-electron chi connectivity index (χ1n) is 15.0. The fourth-order valence-corrected chi connectivity index (χ4v) is 5.39. The molecule has 0 unspecified atom stereocenters. The van der Waals surface area contributed by atoms with Crippen LogP contribution in [0.1, 0.15) is 59.9 Å². The van der Waals surface area contributed by atoms with Crippen molar-refractivity contribution in [2.75, 3.05) is 27.9 Å². The number of hydrogen-bond acceptors (Lipinski definition) is 5. The molecule has 1 amide bonds. The number of nitrogens with one attached hydrogen (secondary N) is 1. The predicted molar refractivity (Wildman–Crippen MR) is 171 cm³/mol. The normalized spacial score (nSPS) is 11.2. The van der Waals surface area contributed by atoms with Gasteiger partial charge in [-0.3, -0.25) is 4.79 Å². The summed E-state index contributed by atoms with van der Waals surface area (Å²) in [5, 5.41) is 15.4. The molecule has 4 aromatic carbocycles. The van der Waals surface area contributed by atoms with Gasteiger partial charge in [0.25, 0.3) is 0 Å². The first-order chi connectivity index (χ1) is 21.0. The van der Waals surface area contributed by atoms with Crippen LogP contribution >= 0.6 is 0 Å². The Hall–Kier alpha value is -4.29. The average Bonchev–Trinajstić information content (AvgIpc) is 3.06. The second-order valence-corrected chi connectivity index (χ2v) is 10.7. The number of carbonyl (C=O) groups is 1. The lowest BCUT2D eigenvalue weighted by Crippen LogP contribution is -2.29. The molecule has 0 spiro atoms. The van der Waals surface area contributed by atoms with Crippen LogP contribution in [-0.4, -0.2) is 38.9 Å². The van der Waals surface area contributed by atoms with Gasteiger partial charge in [-0.05, 0) is 96.3 Å². The minimum absolute atomic E-state index is 0.108. The topological polar surface area (TPSA) is 77.0 Å². The maximum absolute atomic E-state index is 12.4. The summed E-state index contributed by atoms with van der Waals surface area (Å²) in [6, 6.07) is 31.2. The van der Waals surface area contributed by atoms with Gasteiger partial charge in [-0.15, -0.1) is 0 Å². The second kappa shape index (κ2) is 15.8. The minimum atomic E-state index is -1.40. The van der Waals surface area contributed by atoms with Gasteiger partial charge in [0.2, 0.25) is 5.91 Å². The molecule has 0 heterocycles. The van der Waals surface area contributed by atoms with E-state index in [1.54, 1.807) is 21.3 Å². The van der Waals surface area contributed by atoms with E-state index in [1.165, 1.54) is 5.56 Å². The van der Waals surface area contributed by atoms with Crippen molar-refractivity contribution < 1.29 is 24.1 Å². The zero-order valence-corrected chi connectivity index (χ0v) is 25.5. The average molecular weight is 582 g/mol. The summed E-state index contributed by atoms with van der Waals surface area (Å²) in [6.45, 7) is 0.697. The van der Waals surface area contributed by atoms with Gasteiger partial charge in [0.1, 0.15) is 22.8 Å². The number of amides is 1. The van der Waals surface area contributed by atoms with Crippen LogP contribution in [0.3, 0.4) is 0 Å². The Bertz CT molecular complexity index is 1370. The smallest absolute Gasteiger partial charge is 0.219 e. The summed E-state index contributed by atoms with van der Waals surface area (Å²) < 4.78 is 16.4. The van der Waals surface area contributed by atoms with Crippen LogP contribution in [0.2, 0.25) is 0 Å². The third-order valence-corrected chi connectivity index (χ3v) is 7.87. The molecule has 0 atom stereocenters. The zero-order chi connectivity index (χ0) is 30.5. The molecule has 43 heavy (non-hydrogen) atoms. The van der Waals surface area contributed by atoms with Crippen molar-refractivity contribution in [2.24, 2.45) is 0 Å². The fraction of sp³-hybridized carbons (Fsp3) is 0.324. The Morgan fingerprint density at radius 3 is 1.86 bits per heavy atom. The number of ether oxygens (including phenoxy) is 3. The number of benzene rings is 4. The van der Waals surface area contributed by atoms with Crippen molar-refractivity contribution in [1.29, 1.82) is 0 Å². The van der Waals surface area contributed by atoms with E-state index in [1.807, 2.05) is 84.9 Å². The van der Waals surface area contributed by atoms with E-state index < -0.39 is 5.60 Å². The molecule has 0 aliphatic heterocycles. The Morgan fingerprint density at radius 2 is 1.28 bits per heavy atom. The van der Waals surface area contributed by atoms with Crippen molar-refractivity contribution in [3.63, 3.8) is 0 Å². The molecule has 6 nitrogen and oxygen atoms in total. The molecule has 0 saturated carbocycles. The predicted octanol–water partition coefficient (Wildman–Crippen LogP) is 6.85. The summed E-state index contributed by atoms with van der Waals surface area (Å²) in [5.74, 6) is 2.33. The Kier molecular flexibility index (Phi) is 11.6. The SMILES string of the molecule is COc1ccc(C(O)(c2ccc(OC)cc2)c2ccc(OC)c(CCCCCC(=O)NCCCc3ccccc3)c2)cc1. The molecule has 0 bridgehead atoms. The van der Waals surface area contributed by atoms with E-state index in [-0.39, 0.29) is 5.91 Å². The number of aryl methyl sites for hydroxylation is 2. The van der Waals surface area contributed by atoms with Gasteiger partial charge in [-0.25, -0.2) is 0 Å². The largest absolute Gasteiger partial charge is 0.497 e. The quantitative estimate of drug-likeness (QED) is 0.112. The molecule has 0 aliphatic rings. The lowest BCUT2D eigenvalue weighted by molar-refractivity contribution is -0.121. The van der Waals surface area contributed by atoms with Crippen molar-refractivity contribution >= 4 is 5.91 Å². The highest BCUT2D eigenvalue weighted by Gasteiger charge is 2.34. The van der Waals surface area contributed by atoms with Gasteiger partial charge in [0.05, 0.1) is 21.3 Å². The number of carbonyl (C=O) groups excluding carboxylic acids is 1. The highest BCUT2D eigenvalue weighted by Crippen LogP contribution is 2.40. The minimum Gasteiger partial charge on any atom is -0.497 e. The molecular weight excluding hydrogens is 538 g/mol. The van der Waals surface area contributed by atoms with Crippen molar-refractivity contribution in [2.45, 2.75) is 50.5 Å². The number of hydrogen-bond donors (Lipinski definition) is 2. The highest BCUT2D eigenvalue weighted by molar-refractivity contribution is 5.75. The molecule has 4 rings (SSSR count). The molecule has 2 N–H and O–H groups in total. The molecule has 0 radical (unpaired) electrons. The van der Waals surface area contributed by atoms with Gasteiger partial charge >= 0.3 is 0 Å². The Balaban J connectivity index is 1.39. The van der Waals surface area contributed by atoms with Crippen LogP contribution in [-0.2, 0) is 23.2 Å². The monoisotopic (exact) mass is 581 g/mol. The third kappa shape index (κ3) is 8.39. The van der Waals surface area contributed by atoms with Crippen molar-refractivity contribution in [1.82, 2.24) is 5.32 Å². The van der Waals surface area contributed by atoms with Crippen LogP contribution in [0.4, 0.5) is 0 Å². The van der Waals surface area contributed by atoms with E-state index in [0.717, 1.165) is 78.0 Å². The summed E-state index contributed by atoms with van der Waals surface area (Å²) in [5.41, 5.74) is 3.11. The standard InChI is InChI=1S/C37H43NO5/c1-41-33-21-16-30(17-22-33)37(40,31-18-23-34(42-2)24-19-31)32-20-25-35(43-3)29(27-32)14-8-5-9-15-36(39)38-26-10-13-28-11-6-4-7-12-28/h4,6-7,11-12,16-25,27,40H,5,8-10,13-15,26H2,1-3H3,(H,38,39). The summed E-state index contributed by atoms with van der Waals surface area (Å²) in [4.78, 5) is 12.3. The van der Waals surface area contributed by atoms with Gasteiger partial charge in [-0.2, -0.15) is 0 Å². The van der Waals surface area contributed by atoms with Gasteiger partial charge in [0, 0.05) is 13.0 Å². The molecule has 0 aromatic heterocycles. The lowest BCUT2D eigenvalue weighted by atomic mass is 9.79. The maximum Gasteiger partial charge on any atom is 0.219 e. The third-order valence-electron chi connectivity index (χ3n) is 7.87. The molecule has 0 saturated heterocycles. The van der Waals surface area contributed by atoms with E-state index in [2.05, 4.69) is 17.4 Å². The van der Waals surface area contributed by atoms with E-state index in [4.69, 9.17) is 14.2 Å². The van der Waals surface area contributed by atoms with Crippen LogP contribution < -0.4 is 19.5 Å². The molecule has 0 fully saturated rings. The fourth-order valence-electron chi connectivity index (χ4n) is 5.39. The highest BCUT2D eigenvalue weighted by atomic mass is 16.5. The van der Waals surface area contributed by atoms with Gasteiger partial charge < -0.3 is 24.6 Å². The van der Waals surface area contributed by atoms with E-state index >= 15 is 0 Å². The Labute approximate surface area is 255 Å². The molecule has 4 aromatic rings. The van der Waals surface area contributed by atoms with Crippen molar-refractivity contribution in [3.8, 4) is 17.2 Å². The van der Waals surface area contributed by atoms with Crippen LogP contribution in [0.25, 0.3) is 0 Å². The maximum atomic E-state index is 12.4. The first-order valence-corrected chi connectivity index (χ1v) is 15.0. The van der Waals surface area contributed by atoms with Crippen LogP contribution in [0.15, 0.2) is 97.1 Å². The summed E-state index contributed by atoms with van der Waals surface area (Å²) in [6.07, 6.45) is 5.86. The van der Waals surface area contributed by atoms with Crippen molar-refractivity contribution in [3.05, 3.63) is 125 Å². The number of rotatable bonds is 16. The zero-order valence-electron chi connectivity index (χ0n) is 25.5.